The van der Waals surface area contributed by atoms with E-state index < -0.39 is 40.6 Å². The zero-order valence-corrected chi connectivity index (χ0v) is 10.5. The second-order valence-electron chi connectivity index (χ2n) is 4.15. The van der Waals surface area contributed by atoms with Crippen molar-refractivity contribution in [3.63, 3.8) is 0 Å². The van der Waals surface area contributed by atoms with Crippen molar-refractivity contribution in [2.75, 3.05) is 0 Å². The van der Waals surface area contributed by atoms with Crippen LogP contribution in [0.2, 0.25) is 0 Å². The normalized spacial score (nSPS) is 10.6. The molecule has 0 atom stereocenters. The van der Waals surface area contributed by atoms with Crippen LogP contribution in [-0.4, -0.2) is 5.97 Å². The van der Waals surface area contributed by atoms with Gasteiger partial charge in [0.1, 0.15) is 11.3 Å². The second kappa shape index (κ2) is 5.51. The molecule has 0 spiro atoms. The van der Waals surface area contributed by atoms with Crippen LogP contribution in [0.4, 0.5) is 22.0 Å². The monoisotopic (exact) mass is 302 g/mol. The number of aryl methyl sites for hydroxylation is 1. The van der Waals surface area contributed by atoms with Crippen molar-refractivity contribution in [1.29, 1.82) is 0 Å². The molecule has 0 aromatic heterocycles. The summed E-state index contributed by atoms with van der Waals surface area (Å²) >= 11 is 0. The summed E-state index contributed by atoms with van der Waals surface area (Å²) in [4.78, 5) is 11.6. The molecule has 0 aliphatic heterocycles. The molecule has 0 saturated carbocycles. The average Bonchev–Trinajstić information content (AvgIpc) is 2.46. The third-order valence-corrected chi connectivity index (χ3v) is 2.65. The second-order valence-corrected chi connectivity index (χ2v) is 4.15. The minimum Gasteiger partial charge on any atom is -0.423 e. The number of esters is 1. The molecule has 2 aromatic rings. The summed E-state index contributed by atoms with van der Waals surface area (Å²) in [5.41, 5.74) is -0.807. The maximum atomic E-state index is 13.4. The van der Waals surface area contributed by atoms with Crippen LogP contribution in [0.3, 0.4) is 0 Å². The lowest BCUT2D eigenvalue weighted by Gasteiger charge is -2.08. The van der Waals surface area contributed by atoms with E-state index in [1.54, 1.807) is 19.1 Å². The van der Waals surface area contributed by atoms with Crippen molar-refractivity contribution in [1.82, 2.24) is 0 Å². The fraction of sp³-hybridized carbons (Fsp3) is 0.0714. The van der Waals surface area contributed by atoms with Crippen LogP contribution >= 0.6 is 0 Å². The molecule has 110 valence electrons. The van der Waals surface area contributed by atoms with Gasteiger partial charge < -0.3 is 4.74 Å². The van der Waals surface area contributed by atoms with Crippen LogP contribution in [0.15, 0.2) is 24.3 Å². The first kappa shape index (κ1) is 15.0. The van der Waals surface area contributed by atoms with Gasteiger partial charge >= 0.3 is 5.97 Å². The lowest BCUT2D eigenvalue weighted by molar-refractivity contribution is 0.0721. The van der Waals surface area contributed by atoms with Crippen LogP contribution < -0.4 is 4.74 Å². The molecule has 0 aliphatic carbocycles. The predicted octanol–water partition coefficient (Wildman–Crippen LogP) is 3.91. The highest BCUT2D eigenvalue weighted by molar-refractivity contribution is 5.91. The Morgan fingerprint density at radius 2 is 1.24 bits per heavy atom. The van der Waals surface area contributed by atoms with Gasteiger partial charge in [-0.25, -0.2) is 26.7 Å². The van der Waals surface area contributed by atoms with Gasteiger partial charge in [0, 0.05) is 0 Å². The molecule has 0 amide bonds. The number of hydrogen-bond donors (Lipinski definition) is 0. The van der Waals surface area contributed by atoms with Gasteiger partial charge in [-0.15, -0.1) is 0 Å². The maximum absolute atomic E-state index is 13.4. The number of hydrogen-bond acceptors (Lipinski definition) is 2. The fourth-order valence-electron chi connectivity index (χ4n) is 1.55. The van der Waals surface area contributed by atoms with E-state index in [1.165, 1.54) is 12.1 Å². The lowest BCUT2D eigenvalue weighted by atomic mass is 10.1. The molecule has 2 aromatic carbocycles. The Labute approximate surface area is 115 Å². The van der Waals surface area contributed by atoms with Gasteiger partial charge in [-0.05, 0) is 19.1 Å². The van der Waals surface area contributed by atoms with E-state index in [1.807, 2.05) is 0 Å². The van der Waals surface area contributed by atoms with Gasteiger partial charge in [-0.3, -0.25) is 0 Å². The number of benzene rings is 2. The van der Waals surface area contributed by atoms with Crippen molar-refractivity contribution < 1.29 is 31.5 Å². The standard InChI is InChI=1S/C14H7F5O2/c1-6-2-4-7(5-3-6)21-14(20)8-9(15)11(17)13(19)12(18)10(8)16/h2-5H,1H3. The lowest BCUT2D eigenvalue weighted by Crippen LogP contribution is -2.17. The van der Waals surface area contributed by atoms with Crippen molar-refractivity contribution >= 4 is 5.97 Å². The summed E-state index contributed by atoms with van der Waals surface area (Å²) in [5.74, 6) is -13.0. The molecule has 0 unspecified atom stereocenters. The zero-order valence-electron chi connectivity index (χ0n) is 10.5. The van der Waals surface area contributed by atoms with Crippen molar-refractivity contribution in [2.45, 2.75) is 6.92 Å². The van der Waals surface area contributed by atoms with E-state index in [-0.39, 0.29) is 5.75 Å². The Morgan fingerprint density at radius 3 is 1.71 bits per heavy atom. The van der Waals surface area contributed by atoms with Gasteiger partial charge in [-0.2, -0.15) is 0 Å². The number of carbonyl (C=O) groups is 1. The summed E-state index contributed by atoms with van der Waals surface area (Å²) in [6.45, 7) is 1.75. The highest BCUT2D eigenvalue weighted by Crippen LogP contribution is 2.24. The van der Waals surface area contributed by atoms with Crippen molar-refractivity contribution in [3.8, 4) is 5.75 Å². The largest absolute Gasteiger partial charge is 0.423 e. The Bertz CT molecular complexity index is 681. The predicted molar refractivity (Wildman–Crippen MR) is 62.4 cm³/mol. The van der Waals surface area contributed by atoms with Gasteiger partial charge in [0.05, 0.1) is 0 Å². The number of carbonyl (C=O) groups excluding carboxylic acids is 1. The average molecular weight is 302 g/mol. The highest BCUT2D eigenvalue weighted by atomic mass is 19.2. The summed E-state index contributed by atoms with van der Waals surface area (Å²) in [6.07, 6.45) is 0. The smallest absolute Gasteiger partial charge is 0.349 e. The van der Waals surface area contributed by atoms with Crippen LogP contribution in [-0.2, 0) is 0 Å². The number of ether oxygens (including phenoxy) is 1. The molecular formula is C14H7F5O2. The van der Waals surface area contributed by atoms with Gasteiger partial charge in [0.2, 0.25) is 5.82 Å². The van der Waals surface area contributed by atoms with E-state index in [4.69, 9.17) is 0 Å². The molecule has 2 rings (SSSR count). The van der Waals surface area contributed by atoms with E-state index in [0.29, 0.717) is 0 Å². The highest BCUT2D eigenvalue weighted by Gasteiger charge is 2.30. The van der Waals surface area contributed by atoms with Crippen molar-refractivity contribution in [2.24, 2.45) is 0 Å². The van der Waals surface area contributed by atoms with Gasteiger partial charge in [-0.1, -0.05) is 17.7 Å². The first-order valence-electron chi connectivity index (χ1n) is 5.63. The maximum Gasteiger partial charge on any atom is 0.349 e. The number of halogens is 5. The Balaban J connectivity index is 2.42. The molecule has 21 heavy (non-hydrogen) atoms. The quantitative estimate of drug-likeness (QED) is 0.276. The van der Waals surface area contributed by atoms with E-state index >= 15 is 0 Å². The van der Waals surface area contributed by atoms with Crippen molar-refractivity contribution in [3.05, 3.63) is 64.5 Å². The van der Waals surface area contributed by atoms with E-state index in [0.717, 1.165) is 5.56 Å². The molecule has 0 saturated heterocycles. The molecule has 0 bridgehead atoms. The van der Waals surface area contributed by atoms with Crippen LogP contribution in [0.1, 0.15) is 15.9 Å². The molecule has 0 N–H and O–H groups in total. The molecule has 0 heterocycles. The Hall–Kier alpha value is -2.44. The topological polar surface area (TPSA) is 26.3 Å². The molecule has 0 fully saturated rings. The first-order chi connectivity index (χ1) is 9.82. The summed E-state index contributed by atoms with van der Waals surface area (Å²) in [5, 5.41) is 0. The first-order valence-corrected chi connectivity index (χ1v) is 5.63. The zero-order chi connectivity index (χ0) is 15.7. The third kappa shape index (κ3) is 2.72. The molecule has 7 heteroatoms. The SMILES string of the molecule is Cc1ccc(OC(=O)c2c(F)c(F)c(F)c(F)c2F)cc1. The van der Waals surface area contributed by atoms with E-state index in [9.17, 15) is 26.7 Å². The molecule has 0 radical (unpaired) electrons. The van der Waals surface area contributed by atoms with Crippen LogP contribution in [0.5, 0.6) is 5.75 Å². The summed E-state index contributed by atoms with van der Waals surface area (Å²) in [7, 11) is 0. The van der Waals surface area contributed by atoms with Gasteiger partial charge in [0.25, 0.3) is 0 Å². The number of rotatable bonds is 2. The molecular weight excluding hydrogens is 295 g/mol. The molecule has 2 nitrogen and oxygen atoms in total. The molecule has 0 aliphatic rings. The Morgan fingerprint density at radius 1 is 0.810 bits per heavy atom. The minimum atomic E-state index is -2.34. The Kier molecular flexibility index (Phi) is 3.93. The third-order valence-electron chi connectivity index (χ3n) is 2.65. The minimum absolute atomic E-state index is 0.0884. The van der Waals surface area contributed by atoms with E-state index in [2.05, 4.69) is 4.74 Å². The summed E-state index contributed by atoms with van der Waals surface area (Å²) < 4.78 is 70.2. The fourth-order valence-corrected chi connectivity index (χ4v) is 1.55. The van der Waals surface area contributed by atoms with Crippen LogP contribution in [0.25, 0.3) is 0 Å². The van der Waals surface area contributed by atoms with Gasteiger partial charge in [0.15, 0.2) is 23.3 Å². The summed E-state index contributed by atoms with van der Waals surface area (Å²) in [6, 6.07) is 5.72. The van der Waals surface area contributed by atoms with Crippen LogP contribution in [0, 0.1) is 36.0 Å².